The molecule has 0 bridgehead atoms. The third-order valence-electron chi connectivity index (χ3n) is 4.00. The van der Waals surface area contributed by atoms with E-state index < -0.39 is 0 Å². The first-order valence-corrected chi connectivity index (χ1v) is 7.68. The predicted molar refractivity (Wildman–Crippen MR) is 84.4 cm³/mol. The normalized spacial score (nSPS) is 18.5. The van der Waals surface area contributed by atoms with Crippen LogP contribution in [0.5, 0.6) is 0 Å². The Bertz CT molecular complexity index is 671. The molecule has 0 unspecified atom stereocenters. The zero-order chi connectivity index (χ0) is 15.5. The highest BCUT2D eigenvalue weighted by molar-refractivity contribution is 6.32. The van der Waals surface area contributed by atoms with E-state index in [-0.39, 0.29) is 5.91 Å². The molecule has 1 saturated heterocycles. The van der Waals surface area contributed by atoms with Gasteiger partial charge in [-0.05, 0) is 38.6 Å². The summed E-state index contributed by atoms with van der Waals surface area (Å²) < 4.78 is 1.51. The lowest BCUT2D eigenvalue weighted by molar-refractivity contribution is 0.0938. The van der Waals surface area contributed by atoms with Gasteiger partial charge in [0, 0.05) is 12.6 Å². The summed E-state index contributed by atoms with van der Waals surface area (Å²) in [5.74, 6) is -0.210. The second-order valence-electron chi connectivity index (χ2n) is 5.49. The molecular formula is C15H18ClN5O. The summed E-state index contributed by atoms with van der Waals surface area (Å²) in [4.78, 5) is 14.4. The van der Waals surface area contributed by atoms with Gasteiger partial charge >= 0.3 is 0 Å². The number of nitrogens with one attached hydrogen (secondary N) is 1. The van der Waals surface area contributed by atoms with E-state index >= 15 is 0 Å². The van der Waals surface area contributed by atoms with Crippen molar-refractivity contribution < 1.29 is 4.79 Å². The largest absolute Gasteiger partial charge is 0.349 e. The molecule has 0 aliphatic carbocycles. The van der Waals surface area contributed by atoms with Crippen LogP contribution in [0.25, 0.3) is 5.69 Å². The van der Waals surface area contributed by atoms with E-state index in [2.05, 4.69) is 27.6 Å². The highest BCUT2D eigenvalue weighted by atomic mass is 35.5. The monoisotopic (exact) mass is 319 g/mol. The average molecular weight is 320 g/mol. The predicted octanol–water partition coefficient (Wildman–Crippen LogP) is 1.74. The highest BCUT2D eigenvalue weighted by Crippen LogP contribution is 2.18. The second kappa shape index (κ2) is 6.46. The smallest absolute Gasteiger partial charge is 0.273 e. The van der Waals surface area contributed by atoms with Crippen molar-refractivity contribution in [3.63, 3.8) is 0 Å². The van der Waals surface area contributed by atoms with Gasteiger partial charge in [0.2, 0.25) is 0 Å². The van der Waals surface area contributed by atoms with Crippen LogP contribution in [0.2, 0.25) is 5.02 Å². The molecule has 1 aromatic carbocycles. The lowest BCUT2D eigenvalue weighted by Gasteiger charge is -2.19. The van der Waals surface area contributed by atoms with Crippen LogP contribution in [0, 0.1) is 0 Å². The fourth-order valence-corrected chi connectivity index (χ4v) is 2.88. The van der Waals surface area contributed by atoms with Crippen molar-refractivity contribution in [1.82, 2.24) is 25.2 Å². The van der Waals surface area contributed by atoms with E-state index in [1.54, 1.807) is 12.3 Å². The third-order valence-corrected chi connectivity index (χ3v) is 4.31. The number of carbonyl (C=O) groups excluding carboxylic acids is 1. The van der Waals surface area contributed by atoms with Gasteiger partial charge in [0.05, 0.1) is 16.9 Å². The Balaban J connectivity index is 1.66. The van der Waals surface area contributed by atoms with Gasteiger partial charge in [0.25, 0.3) is 5.91 Å². The molecule has 0 saturated carbocycles. The third kappa shape index (κ3) is 3.13. The van der Waals surface area contributed by atoms with Crippen LogP contribution >= 0.6 is 11.6 Å². The molecule has 1 amide bonds. The van der Waals surface area contributed by atoms with Gasteiger partial charge in [0.1, 0.15) is 0 Å². The van der Waals surface area contributed by atoms with E-state index in [4.69, 9.17) is 11.6 Å². The first-order chi connectivity index (χ1) is 10.6. The number of likely N-dealkylation sites (tertiary alicyclic amines) is 1. The van der Waals surface area contributed by atoms with Gasteiger partial charge in [-0.15, -0.1) is 5.10 Å². The molecule has 1 N–H and O–H groups in total. The topological polar surface area (TPSA) is 63.1 Å². The second-order valence-corrected chi connectivity index (χ2v) is 5.89. The Kier molecular flexibility index (Phi) is 4.40. The van der Waals surface area contributed by atoms with E-state index in [0.29, 0.717) is 29.0 Å². The minimum Gasteiger partial charge on any atom is -0.349 e. The van der Waals surface area contributed by atoms with Crippen LogP contribution in [0.15, 0.2) is 30.5 Å². The summed E-state index contributed by atoms with van der Waals surface area (Å²) in [5, 5.41) is 11.4. The molecule has 7 heteroatoms. The number of aromatic nitrogens is 3. The van der Waals surface area contributed by atoms with Gasteiger partial charge in [0.15, 0.2) is 5.69 Å². The van der Waals surface area contributed by atoms with Crippen LogP contribution in [-0.4, -0.2) is 52.0 Å². The van der Waals surface area contributed by atoms with Crippen LogP contribution in [-0.2, 0) is 0 Å². The molecule has 1 atom stereocenters. The minimum atomic E-state index is -0.210. The Morgan fingerprint density at radius 3 is 3.00 bits per heavy atom. The van der Waals surface area contributed by atoms with E-state index in [9.17, 15) is 4.79 Å². The molecule has 1 fully saturated rings. The van der Waals surface area contributed by atoms with E-state index in [0.717, 1.165) is 13.0 Å². The highest BCUT2D eigenvalue weighted by Gasteiger charge is 2.22. The number of amides is 1. The molecule has 3 rings (SSSR count). The summed E-state index contributed by atoms with van der Waals surface area (Å²) in [7, 11) is 2.08. The molecule has 1 aliphatic heterocycles. The fraction of sp³-hybridized carbons (Fsp3) is 0.400. The molecule has 0 radical (unpaired) electrons. The molecule has 2 aromatic rings. The van der Waals surface area contributed by atoms with Crippen molar-refractivity contribution in [3.8, 4) is 5.69 Å². The number of benzene rings is 1. The Hall–Kier alpha value is -1.92. The number of halogens is 1. The van der Waals surface area contributed by atoms with Crippen LogP contribution in [0.3, 0.4) is 0 Å². The summed E-state index contributed by atoms with van der Waals surface area (Å²) in [5.41, 5.74) is 0.992. The van der Waals surface area contributed by atoms with Gasteiger partial charge in [-0.25, -0.2) is 4.68 Å². The standard InChI is InChI=1S/C15H18ClN5O/c1-20-8-4-5-11(20)9-17-15(22)13-10-21(19-18-13)14-7-3-2-6-12(14)16/h2-3,6-7,10-11H,4-5,8-9H2,1H3,(H,17,22)/t11-/m0/s1. The molecule has 1 aliphatic rings. The molecule has 22 heavy (non-hydrogen) atoms. The van der Waals surface area contributed by atoms with Crippen molar-refractivity contribution >= 4 is 17.5 Å². The molecule has 6 nitrogen and oxygen atoms in total. The lowest BCUT2D eigenvalue weighted by atomic mass is 10.2. The number of hydrogen-bond donors (Lipinski definition) is 1. The molecule has 0 spiro atoms. The molecular weight excluding hydrogens is 302 g/mol. The average Bonchev–Trinajstić information content (AvgIpc) is 3.14. The van der Waals surface area contributed by atoms with E-state index in [1.165, 1.54) is 11.1 Å². The maximum atomic E-state index is 12.2. The summed E-state index contributed by atoms with van der Waals surface area (Å²) >= 11 is 6.12. The van der Waals surface area contributed by atoms with Crippen molar-refractivity contribution in [2.24, 2.45) is 0 Å². The van der Waals surface area contributed by atoms with Crippen molar-refractivity contribution in [3.05, 3.63) is 41.2 Å². The number of likely N-dealkylation sites (N-methyl/N-ethyl adjacent to an activating group) is 1. The molecule has 1 aromatic heterocycles. The maximum absolute atomic E-state index is 12.2. The zero-order valence-electron chi connectivity index (χ0n) is 12.4. The van der Waals surface area contributed by atoms with Gasteiger partial charge < -0.3 is 10.2 Å². The fourth-order valence-electron chi connectivity index (χ4n) is 2.66. The van der Waals surface area contributed by atoms with Crippen LogP contribution in [0.1, 0.15) is 23.3 Å². The SMILES string of the molecule is CN1CCC[C@H]1CNC(=O)c1cn(-c2ccccc2Cl)nn1. The van der Waals surface area contributed by atoms with Crippen molar-refractivity contribution in [1.29, 1.82) is 0 Å². The number of nitrogens with zero attached hydrogens (tertiary/aromatic N) is 4. The lowest BCUT2D eigenvalue weighted by Crippen LogP contribution is -2.38. The Labute approximate surface area is 134 Å². The first-order valence-electron chi connectivity index (χ1n) is 7.31. The van der Waals surface area contributed by atoms with Crippen molar-refractivity contribution in [2.45, 2.75) is 18.9 Å². The number of hydrogen-bond acceptors (Lipinski definition) is 4. The number of carbonyl (C=O) groups is 1. The Morgan fingerprint density at radius 2 is 2.27 bits per heavy atom. The quantitative estimate of drug-likeness (QED) is 0.932. The van der Waals surface area contributed by atoms with Gasteiger partial charge in [-0.1, -0.05) is 28.9 Å². The summed E-state index contributed by atoms with van der Waals surface area (Å²) in [6, 6.07) is 7.70. The summed E-state index contributed by atoms with van der Waals surface area (Å²) in [6.45, 7) is 1.72. The minimum absolute atomic E-state index is 0.210. The Morgan fingerprint density at radius 1 is 1.45 bits per heavy atom. The first kappa shape index (κ1) is 15.0. The maximum Gasteiger partial charge on any atom is 0.273 e. The van der Waals surface area contributed by atoms with Crippen LogP contribution < -0.4 is 5.32 Å². The number of rotatable bonds is 4. The summed E-state index contributed by atoms with van der Waals surface area (Å²) in [6.07, 6.45) is 3.89. The van der Waals surface area contributed by atoms with Gasteiger partial charge in [-0.3, -0.25) is 4.79 Å². The van der Waals surface area contributed by atoms with Crippen LogP contribution in [0.4, 0.5) is 0 Å². The van der Waals surface area contributed by atoms with Gasteiger partial charge in [-0.2, -0.15) is 0 Å². The van der Waals surface area contributed by atoms with Crippen molar-refractivity contribution in [2.75, 3.05) is 20.1 Å². The zero-order valence-corrected chi connectivity index (χ0v) is 13.1. The van der Waals surface area contributed by atoms with E-state index in [1.807, 2.05) is 18.2 Å². The molecule has 2 heterocycles. The molecule has 116 valence electrons. The number of para-hydroxylation sites is 1.